The number of ether oxygens (including phenoxy) is 1. The van der Waals surface area contributed by atoms with Gasteiger partial charge in [-0.1, -0.05) is 19.9 Å². The van der Waals surface area contributed by atoms with Crippen molar-refractivity contribution in [2.75, 3.05) is 7.11 Å². The van der Waals surface area contributed by atoms with Gasteiger partial charge in [0.15, 0.2) is 0 Å². The first-order chi connectivity index (χ1) is 9.80. The highest BCUT2D eigenvalue weighted by Gasteiger charge is 2.58. The topological polar surface area (TPSA) is 63.2 Å². The fourth-order valence-corrected chi connectivity index (χ4v) is 2.83. The molecule has 1 aromatic rings. The van der Waals surface area contributed by atoms with Crippen molar-refractivity contribution in [2.45, 2.75) is 51.8 Å². The molecule has 3 atom stereocenters. The van der Waals surface area contributed by atoms with Crippen LogP contribution < -0.4 is 10.6 Å². The molecule has 0 saturated heterocycles. The summed E-state index contributed by atoms with van der Waals surface area (Å²) in [5.74, 6) is 0. The van der Waals surface area contributed by atoms with Gasteiger partial charge in [0, 0.05) is 24.8 Å². The van der Waals surface area contributed by atoms with Crippen molar-refractivity contribution in [2.24, 2.45) is 5.41 Å². The number of nitrogens with one attached hydrogen (secondary N) is 2. The van der Waals surface area contributed by atoms with E-state index in [9.17, 15) is 4.79 Å². The summed E-state index contributed by atoms with van der Waals surface area (Å²) in [4.78, 5) is 16.4. The number of urea groups is 1. The zero-order valence-electron chi connectivity index (χ0n) is 13.4. The van der Waals surface area contributed by atoms with Gasteiger partial charge in [0.2, 0.25) is 0 Å². The van der Waals surface area contributed by atoms with Crippen LogP contribution in [0.25, 0.3) is 0 Å². The number of rotatable bonds is 4. The standard InChI is InChI=1S/C16H25N3O2/c1-11(12-8-6-7-9-17-12)18-14(20)19-13-10-16(4,21-5)15(13,2)3/h6-9,11,13H,10H2,1-5H3,(H2,18,19,20)/t11-,13+,16+/m0/s1. The van der Waals surface area contributed by atoms with E-state index in [1.807, 2.05) is 25.1 Å². The molecule has 0 aliphatic heterocycles. The molecule has 5 nitrogen and oxygen atoms in total. The molecule has 0 aromatic carbocycles. The van der Waals surface area contributed by atoms with Crippen LogP contribution in [-0.4, -0.2) is 29.8 Å². The first-order valence-electron chi connectivity index (χ1n) is 7.33. The van der Waals surface area contributed by atoms with Crippen molar-refractivity contribution >= 4 is 6.03 Å². The summed E-state index contributed by atoms with van der Waals surface area (Å²) in [6.45, 7) is 8.24. The van der Waals surface area contributed by atoms with Crippen LogP contribution in [0.15, 0.2) is 24.4 Å². The second-order valence-electron chi connectivity index (χ2n) is 6.51. The molecule has 0 spiro atoms. The van der Waals surface area contributed by atoms with Gasteiger partial charge >= 0.3 is 6.03 Å². The third kappa shape index (κ3) is 2.88. The highest BCUT2D eigenvalue weighted by atomic mass is 16.5. The fourth-order valence-electron chi connectivity index (χ4n) is 2.83. The van der Waals surface area contributed by atoms with Gasteiger partial charge in [-0.05, 0) is 32.4 Å². The Balaban J connectivity index is 1.89. The fraction of sp³-hybridized carbons (Fsp3) is 0.625. The third-order valence-corrected chi connectivity index (χ3v) is 5.06. The van der Waals surface area contributed by atoms with Crippen LogP contribution in [0, 0.1) is 5.41 Å². The predicted molar refractivity (Wildman–Crippen MR) is 81.9 cm³/mol. The summed E-state index contributed by atoms with van der Waals surface area (Å²) in [7, 11) is 1.72. The van der Waals surface area contributed by atoms with Gasteiger partial charge in [0.1, 0.15) is 0 Å². The lowest BCUT2D eigenvalue weighted by Gasteiger charge is -2.59. The summed E-state index contributed by atoms with van der Waals surface area (Å²) in [5, 5.41) is 5.96. The summed E-state index contributed by atoms with van der Waals surface area (Å²) in [5.41, 5.74) is 0.576. The number of methoxy groups -OCH3 is 1. The number of amides is 2. The maximum absolute atomic E-state index is 12.1. The van der Waals surface area contributed by atoms with Crippen molar-refractivity contribution in [1.29, 1.82) is 0 Å². The Labute approximate surface area is 126 Å². The van der Waals surface area contributed by atoms with E-state index >= 15 is 0 Å². The summed E-state index contributed by atoms with van der Waals surface area (Å²) in [6, 6.07) is 5.50. The van der Waals surface area contributed by atoms with Crippen molar-refractivity contribution in [1.82, 2.24) is 15.6 Å². The quantitative estimate of drug-likeness (QED) is 0.896. The van der Waals surface area contributed by atoms with Crippen molar-refractivity contribution < 1.29 is 9.53 Å². The molecule has 1 aliphatic carbocycles. The number of nitrogens with zero attached hydrogens (tertiary/aromatic N) is 1. The van der Waals surface area contributed by atoms with Crippen LogP contribution in [0.1, 0.15) is 45.9 Å². The molecule has 116 valence electrons. The lowest BCUT2D eigenvalue weighted by Crippen LogP contribution is -2.69. The highest BCUT2D eigenvalue weighted by Crippen LogP contribution is 2.51. The molecule has 2 amide bonds. The largest absolute Gasteiger partial charge is 0.378 e. The Hall–Kier alpha value is -1.62. The van der Waals surface area contributed by atoms with Gasteiger partial charge in [-0.2, -0.15) is 0 Å². The maximum atomic E-state index is 12.1. The lowest BCUT2D eigenvalue weighted by molar-refractivity contribution is -0.177. The van der Waals surface area contributed by atoms with Crippen molar-refractivity contribution in [3.8, 4) is 0 Å². The third-order valence-electron chi connectivity index (χ3n) is 5.06. The first kappa shape index (κ1) is 15.8. The molecular weight excluding hydrogens is 266 g/mol. The van der Waals surface area contributed by atoms with Crippen LogP contribution >= 0.6 is 0 Å². The molecule has 0 unspecified atom stereocenters. The van der Waals surface area contributed by atoms with Gasteiger partial charge in [0.25, 0.3) is 0 Å². The molecule has 0 bridgehead atoms. The van der Waals surface area contributed by atoms with Gasteiger partial charge in [-0.15, -0.1) is 0 Å². The highest BCUT2D eigenvalue weighted by molar-refractivity contribution is 5.75. The van der Waals surface area contributed by atoms with E-state index in [1.165, 1.54) is 0 Å². The second-order valence-corrected chi connectivity index (χ2v) is 6.51. The smallest absolute Gasteiger partial charge is 0.315 e. The van der Waals surface area contributed by atoms with Crippen LogP contribution in [-0.2, 0) is 4.74 Å². The molecule has 0 radical (unpaired) electrons. The molecule has 1 aromatic heterocycles. The average molecular weight is 291 g/mol. The lowest BCUT2D eigenvalue weighted by atomic mass is 9.56. The second kappa shape index (κ2) is 5.64. The molecule has 1 fully saturated rings. The molecule has 1 aliphatic rings. The van der Waals surface area contributed by atoms with E-state index in [-0.39, 0.29) is 29.1 Å². The Morgan fingerprint density at radius 2 is 2.14 bits per heavy atom. The number of hydrogen-bond donors (Lipinski definition) is 2. The maximum Gasteiger partial charge on any atom is 0.315 e. The minimum Gasteiger partial charge on any atom is -0.378 e. The van der Waals surface area contributed by atoms with Gasteiger partial charge < -0.3 is 15.4 Å². The van der Waals surface area contributed by atoms with Crippen LogP contribution in [0.4, 0.5) is 4.79 Å². The Bertz CT molecular complexity index is 504. The molecule has 1 heterocycles. The average Bonchev–Trinajstić information content (AvgIpc) is 2.47. The van der Waals surface area contributed by atoms with Crippen LogP contribution in [0.2, 0.25) is 0 Å². The van der Waals surface area contributed by atoms with E-state index in [1.54, 1.807) is 13.3 Å². The molecule has 2 rings (SSSR count). The number of carbonyl (C=O) groups is 1. The van der Waals surface area contributed by atoms with Crippen molar-refractivity contribution in [3.63, 3.8) is 0 Å². The summed E-state index contributed by atoms with van der Waals surface area (Å²) >= 11 is 0. The molecule has 21 heavy (non-hydrogen) atoms. The Morgan fingerprint density at radius 3 is 2.67 bits per heavy atom. The van der Waals surface area contributed by atoms with Gasteiger partial charge in [-0.3, -0.25) is 4.98 Å². The van der Waals surface area contributed by atoms with E-state index in [0.29, 0.717) is 0 Å². The summed E-state index contributed by atoms with van der Waals surface area (Å²) < 4.78 is 5.57. The minimum absolute atomic E-state index is 0.0900. The molecule has 5 heteroatoms. The number of carbonyl (C=O) groups excluding carboxylic acids is 1. The van der Waals surface area contributed by atoms with E-state index in [4.69, 9.17) is 4.74 Å². The van der Waals surface area contributed by atoms with Crippen LogP contribution in [0.5, 0.6) is 0 Å². The van der Waals surface area contributed by atoms with Gasteiger partial charge in [0.05, 0.1) is 17.3 Å². The predicted octanol–water partition coefficient (Wildman–Crippen LogP) is 2.65. The molecular formula is C16H25N3O2. The van der Waals surface area contributed by atoms with E-state index < -0.39 is 0 Å². The number of pyridine rings is 1. The van der Waals surface area contributed by atoms with Crippen molar-refractivity contribution in [3.05, 3.63) is 30.1 Å². The SMILES string of the molecule is CO[C@]1(C)C[C@@H](NC(=O)N[C@@H](C)c2ccccn2)C1(C)C. The summed E-state index contributed by atoms with van der Waals surface area (Å²) in [6.07, 6.45) is 2.55. The normalized spacial score (nSPS) is 28.3. The number of hydrogen-bond acceptors (Lipinski definition) is 3. The Morgan fingerprint density at radius 1 is 1.43 bits per heavy atom. The van der Waals surface area contributed by atoms with Gasteiger partial charge in [-0.25, -0.2) is 4.79 Å². The zero-order valence-corrected chi connectivity index (χ0v) is 13.4. The van der Waals surface area contributed by atoms with E-state index in [0.717, 1.165) is 12.1 Å². The first-order valence-corrected chi connectivity index (χ1v) is 7.33. The zero-order chi connectivity index (χ0) is 15.7. The molecule has 2 N–H and O–H groups in total. The van der Waals surface area contributed by atoms with E-state index in [2.05, 4.69) is 36.4 Å². The number of aromatic nitrogens is 1. The molecule has 1 saturated carbocycles. The van der Waals surface area contributed by atoms with Crippen LogP contribution in [0.3, 0.4) is 0 Å². The minimum atomic E-state index is -0.183. The Kier molecular flexibility index (Phi) is 4.23. The monoisotopic (exact) mass is 291 g/mol.